The van der Waals surface area contributed by atoms with Crippen LogP contribution in [0.1, 0.15) is 11.3 Å². The zero-order valence-corrected chi connectivity index (χ0v) is 6.72. The van der Waals surface area contributed by atoms with E-state index >= 15 is 0 Å². The van der Waals surface area contributed by atoms with Crippen molar-refractivity contribution in [3.05, 3.63) is 21.6 Å². The molecule has 0 radical (unpaired) electrons. The molecule has 4 nitrogen and oxygen atoms in total. The molecule has 2 N–H and O–H groups in total. The number of aliphatic hydroxyl groups is 1. The highest BCUT2D eigenvalue weighted by Gasteiger charge is 2.06. The minimum absolute atomic E-state index is 0.0218. The van der Waals surface area contributed by atoms with Crippen LogP contribution in [0.25, 0.3) is 0 Å². The highest BCUT2D eigenvalue weighted by molar-refractivity contribution is 5.16. The number of aryl methyl sites for hydroxylation is 1. The van der Waals surface area contributed by atoms with Gasteiger partial charge in [0, 0.05) is 31.3 Å². The van der Waals surface area contributed by atoms with Crippen molar-refractivity contribution < 1.29 is 5.11 Å². The Labute approximate surface area is 64.5 Å². The van der Waals surface area contributed by atoms with Gasteiger partial charge in [-0.2, -0.15) is 0 Å². The fourth-order valence-electron chi connectivity index (χ4n) is 1.08. The Morgan fingerprint density at radius 2 is 2.27 bits per heavy atom. The van der Waals surface area contributed by atoms with Gasteiger partial charge < -0.3 is 5.11 Å². The van der Waals surface area contributed by atoms with Crippen LogP contribution in [0.2, 0.25) is 0 Å². The summed E-state index contributed by atoms with van der Waals surface area (Å²) < 4.78 is 1.66. The van der Waals surface area contributed by atoms with E-state index in [2.05, 4.69) is 5.10 Å². The largest absolute Gasteiger partial charge is 0.396 e. The van der Waals surface area contributed by atoms with Gasteiger partial charge in [-0.25, -0.2) is 0 Å². The lowest BCUT2D eigenvalue weighted by Gasteiger charge is -1.95. The molecule has 0 bridgehead atoms. The van der Waals surface area contributed by atoms with E-state index in [0.29, 0.717) is 12.0 Å². The molecule has 1 aromatic rings. The highest BCUT2D eigenvalue weighted by Crippen LogP contribution is 1.99. The van der Waals surface area contributed by atoms with Crippen LogP contribution in [0.15, 0.2) is 4.79 Å². The third-order valence-corrected chi connectivity index (χ3v) is 1.84. The molecule has 0 unspecified atom stereocenters. The molecule has 11 heavy (non-hydrogen) atoms. The van der Waals surface area contributed by atoms with Gasteiger partial charge in [0.1, 0.15) is 0 Å². The second-order valence-corrected chi connectivity index (χ2v) is 2.54. The van der Waals surface area contributed by atoms with Crippen LogP contribution >= 0.6 is 0 Å². The number of nitrogens with one attached hydrogen (secondary N) is 1. The Balaban J connectivity index is 3.12. The fraction of sp³-hybridized carbons (Fsp3) is 0.571. The normalized spacial score (nSPS) is 10.5. The smallest absolute Gasteiger partial charge is 0.267 e. The molecule has 0 amide bonds. The van der Waals surface area contributed by atoms with Crippen molar-refractivity contribution in [1.29, 1.82) is 0 Å². The van der Waals surface area contributed by atoms with E-state index in [1.54, 1.807) is 11.7 Å². The van der Waals surface area contributed by atoms with Gasteiger partial charge in [0.05, 0.1) is 0 Å². The molecular weight excluding hydrogens is 144 g/mol. The second-order valence-electron chi connectivity index (χ2n) is 2.54. The van der Waals surface area contributed by atoms with Gasteiger partial charge >= 0.3 is 0 Å². The number of hydrogen-bond acceptors (Lipinski definition) is 2. The maximum atomic E-state index is 11.1. The van der Waals surface area contributed by atoms with E-state index < -0.39 is 0 Å². The standard InChI is InChI=1S/C7H12N2O2/c1-5-6(3-4-10)7(11)8-9(5)2/h10H,3-4H2,1-2H3,(H,8,11). The average Bonchev–Trinajstić information content (AvgIpc) is 2.17. The summed E-state index contributed by atoms with van der Waals surface area (Å²) in [5.74, 6) is 0. The van der Waals surface area contributed by atoms with E-state index in [1.807, 2.05) is 6.92 Å². The average molecular weight is 156 g/mol. The molecule has 0 spiro atoms. The first kappa shape index (κ1) is 8.07. The van der Waals surface area contributed by atoms with Crippen LogP contribution in [-0.2, 0) is 13.5 Å². The lowest BCUT2D eigenvalue weighted by Crippen LogP contribution is -2.08. The molecule has 62 valence electrons. The van der Waals surface area contributed by atoms with Gasteiger partial charge in [0.25, 0.3) is 5.56 Å². The molecule has 0 saturated heterocycles. The Morgan fingerprint density at radius 1 is 1.64 bits per heavy atom. The van der Waals surface area contributed by atoms with E-state index in [4.69, 9.17) is 5.11 Å². The summed E-state index contributed by atoms with van der Waals surface area (Å²) in [7, 11) is 1.78. The lowest BCUT2D eigenvalue weighted by atomic mass is 10.2. The summed E-state index contributed by atoms with van der Waals surface area (Å²) in [5, 5.41) is 11.2. The number of aromatic nitrogens is 2. The first-order valence-corrected chi connectivity index (χ1v) is 3.52. The van der Waals surface area contributed by atoms with Gasteiger partial charge in [-0.05, 0) is 6.92 Å². The molecule has 0 fully saturated rings. The van der Waals surface area contributed by atoms with E-state index in [0.717, 1.165) is 5.69 Å². The van der Waals surface area contributed by atoms with Crippen LogP contribution in [0.4, 0.5) is 0 Å². The number of aliphatic hydroxyl groups excluding tert-OH is 1. The lowest BCUT2D eigenvalue weighted by molar-refractivity contribution is 0.299. The van der Waals surface area contributed by atoms with Crippen LogP contribution in [-0.4, -0.2) is 21.5 Å². The van der Waals surface area contributed by atoms with Crippen LogP contribution < -0.4 is 5.56 Å². The third-order valence-electron chi connectivity index (χ3n) is 1.84. The van der Waals surface area contributed by atoms with E-state index in [-0.39, 0.29) is 12.2 Å². The summed E-state index contributed by atoms with van der Waals surface area (Å²) in [6, 6.07) is 0. The molecule has 0 aliphatic carbocycles. The van der Waals surface area contributed by atoms with Crippen molar-refractivity contribution in [3.63, 3.8) is 0 Å². The fourth-order valence-corrected chi connectivity index (χ4v) is 1.08. The molecular formula is C7H12N2O2. The summed E-state index contributed by atoms with van der Waals surface area (Å²) in [5.41, 5.74) is 1.47. The number of rotatable bonds is 2. The molecule has 0 saturated carbocycles. The van der Waals surface area contributed by atoms with E-state index in [9.17, 15) is 4.79 Å². The van der Waals surface area contributed by atoms with Crippen molar-refractivity contribution in [2.24, 2.45) is 7.05 Å². The maximum absolute atomic E-state index is 11.1. The quantitative estimate of drug-likeness (QED) is 0.609. The highest BCUT2D eigenvalue weighted by atomic mass is 16.3. The molecule has 1 aromatic heterocycles. The predicted molar refractivity (Wildman–Crippen MR) is 41.6 cm³/mol. The summed E-state index contributed by atoms with van der Waals surface area (Å²) in [6.07, 6.45) is 0.433. The Bertz CT molecular complexity index is 298. The van der Waals surface area contributed by atoms with Crippen LogP contribution in [0.3, 0.4) is 0 Å². The van der Waals surface area contributed by atoms with E-state index in [1.165, 1.54) is 0 Å². The first-order valence-electron chi connectivity index (χ1n) is 3.52. The maximum Gasteiger partial charge on any atom is 0.267 e. The zero-order chi connectivity index (χ0) is 8.43. The van der Waals surface area contributed by atoms with Gasteiger partial charge in [-0.15, -0.1) is 0 Å². The summed E-state index contributed by atoms with van der Waals surface area (Å²) in [4.78, 5) is 11.1. The molecule has 0 atom stereocenters. The van der Waals surface area contributed by atoms with Crippen LogP contribution in [0, 0.1) is 6.92 Å². The molecule has 4 heteroatoms. The van der Waals surface area contributed by atoms with Crippen molar-refractivity contribution in [2.45, 2.75) is 13.3 Å². The molecule has 0 aliphatic rings. The second kappa shape index (κ2) is 2.92. The van der Waals surface area contributed by atoms with Gasteiger partial charge in [-0.3, -0.25) is 14.6 Å². The SMILES string of the molecule is Cc1c(CCO)c(=O)[nH]n1C. The Kier molecular flexibility index (Phi) is 2.14. The number of nitrogens with zero attached hydrogens (tertiary/aromatic N) is 1. The zero-order valence-electron chi connectivity index (χ0n) is 6.72. The first-order chi connectivity index (χ1) is 5.16. The van der Waals surface area contributed by atoms with Crippen molar-refractivity contribution in [1.82, 2.24) is 9.78 Å². The molecule has 0 aromatic carbocycles. The Hall–Kier alpha value is -1.03. The van der Waals surface area contributed by atoms with Crippen molar-refractivity contribution in [2.75, 3.05) is 6.61 Å². The van der Waals surface area contributed by atoms with Crippen LogP contribution in [0.5, 0.6) is 0 Å². The van der Waals surface area contributed by atoms with Crippen molar-refractivity contribution in [3.8, 4) is 0 Å². The minimum atomic E-state index is -0.0981. The number of aromatic amines is 1. The topological polar surface area (TPSA) is 58.0 Å². The number of H-pyrrole nitrogens is 1. The number of hydrogen-bond donors (Lipinski definition) is 2. The Morgan fingerprint density at radius 3 is 2.64 bits per heavy atom. The molecule has 1 rings (SSSR count). The monoisotopic (exact) mass is 156 g/mol. The van der Waals surface area contributed by atoms with Crippen molar-refractivity contribution >= 4 is 0 Å². The summed E-state index contributed by atoms with van der Waals surface area (Å²) >= 11 is 0. The van der Waals surface area contributed by atoms with Gasteiger partial charge in [0.15, 0.2) is 0 Å². The predicted octanol–water partition coefficient (Wildman–Crippen LogP) is -0.443. The molecule has 1 heterocycles. The summed E-state index contributed by atoms with van der Waals surface area (Å²) in [6.45, 7) is 1.87. The third kappa shape index (κ3) is 1.35. The van der Waals surface area contributed by atoms with Gasteiger partial charge in [-0.1, -0.05) is 0 Å². The minimum Gasteiger partial charge on any atom is -0.396 e. The van der Waals surface area contributed by atoms with Gasteiger partial charge in [0.2, 0.25) is 0 Å². The molecule has 0 aliphatic heterocycles.